The van der Waals surface area contributed by atoms with E-state index in [2.05, 4.69) is 56.0 Å². The SMILES string of the molecule is CCC1CCCCCN1C(C(C)C)C(N)c1ccccc1. The van der Waals surface area contributed by atoms with Gasteiger partial charge in [0.15, 0.2) is 0 Å². The lowest BCUT2D eigenvalue weighted by Crippen LogP contribution is -2.50. The quantitative estimate of drug-likeness (QED) is 0.872. The first-order valence-electron chi connectivity index (χ1n) is 8.71. The Balaban J connectivity index is 2.24. The standard InChI is InChI=1S/C19H32N2/c1-4-17-13-9-6-10-14-21(17)19(15(2)3)18(20)16-11-7-5-8-12-16/h5,7-8,11-12,15,17-19H,4,6,9-10,13-14,20H2,1-3H3. The molecule has 1 fully saturated rings. The van der Waals surface area contributed by atoms with E-state index >= 15 is 0 Å². The highest BCUT2D eigenvalue weighted by atomic mass is 15.2. The molecule has 21 heavy (non-hydrogen) atoms. The van der Waals surface area contributed by atoms with Gasteiger partial charge in [0.25, 0.3) is 0 Å². The molecule has 0 bridgehead atoms. The first-order chi connectivity index (χ1) is 10.1. The summed E-state index contributed by atoms with van der Waals surface area (Å²) in [4.78, 5) is 2.73. The zero-order valence-corrected chi connectivity index (χ0v) is 14.0. The molecular weight excluding hydrogens is 256 g/mol. The fraction of sp³-hybridized carbons (Fsp3) is 0.684. The molecule has 1 aromatic carbocycles. The fourth-order valence-electron chi connectivity index (χ4n) is 3.91. The minimum atomic E-state index is 0.110. The van der Waals surface area contributed by atoms with Crippen LogP contribution < -0.4 is 5.73 Å². The number of hydrogen-bond donors (Lipinski definition) is 1. The molecule has 0 spiro atoms. The average molecular weight is 288 g/mol. The molecular formula is C19H32N2. The van der Waals surface area contributed by atoms with Crippen LogP contribution in [0.1, 0.15) is 64.5 Å². The lowest BCUT2D eigenvalue weighted by Gasteiger charge is -2.42. The molecule has 2 heteroatoms. The molecule has 2 N–H and O–H groups in total. The summed E-state index contributed by atoms with van der Waals surface area (Å²) in [5, 5.41) is 0. The predicted octanol–water partition coefficient (Wildman–Crippen LogP) is 4.37. The molecule has 1 aliphatic heterocycles. The van der Waals surface area contributed by atoms with Crippen LogP contribution in [0.25, 0.3) is 0 Å². The second-order valence-corrected chi connectivity index (χ2v) is 6.82. The van der Waals surface area contributed by atoms with E-state index in [-0.39, 0.29) is 6.04 Å². The Hall–Kier alpha value is -0.860. The highest BCUT2D eigenvalue weighted by Crippen LogP contribution is 2.30. The molecule has 0 amide bonds. The van der Waals surface area contributed by atoms with Crippen molar-refractivity contribution in [2.24, 2.45) is 11.7 Å². The molecule has 2 nitrogen and oxygen atoms in total. The van der Waals surface area contributed by atoms with Crippen LogP contribution in [0.15, 0.2) is 30.3 Å². The van der Waals surface area contributed by atoms with Crippen LogP contribution in [0.5, 0.6) is 0 Å². The first-order valence-corrected chi connectivity index (χ1v) is 8.71. The van der Waals surface area contributed by atoms with Crippen molar-refractivity contribution in [2.75, 3.05) is 6.54 Å². The van der Waals surface area contributed by atoms with Crippen molar-refractivity contribution >= 4 is 0 Å². The minimum Gasteiger partial charge on any atom is -0.323 e. The summed E-state index contributed by atoms with van der Waals surface area (Å²) < 4.78 is 0. The molecule has 3 atom stereocenters. The van der Waals surface area contributed by atoms with Crippen LogP contribution in [0.3, 0.4) is 0 Å². The van der Waals surface area contributed by atoms with Crippen molar-refractivity contribution in [3.05, 3.63) is 35.9 Å². The summed E-state index contributed by atoms with van der Waals surface area (Å²) in [6.07, 6.45) is 6.64. The Kier molecular flexibility index (Phi) is 6.25. The van der Waals surface area contributed by atoms with Crippen molar-refractivity contribution in [3.63, 3.8) is 0 Å². The van der Waals surface area contributed by atoms with Crippen LogP contribution in [0.2, 0.25) is 0 Å². The van der Waals surface area contributed by atoms with Crippen molar-refractivity contribution < 1.29 is 0 Å². The van der Waals surface area contributed by atoms with Crippen LogP contribution in [0, 0.1) is 5.92 Å². The zero-order chi connectivity index (χ0) is 15.2. The second-order valence-electron chi connectivity index (χ2n) is 6.82. The van der Waals surface area contributed by atoms with Gasteiger partial charge >= 0.3 is 0 Å². The summed E-state index contributed by atoms with van der Waals surface area (Å²) >= 11 is 0. The number of likely N-dealkylation sites (tertiary alicyclic amines) is 1. The van der Waals surface area contributed by atoms with Gasteiger partial charge in [0, 0.05) is 18.1 Å². The third-order valence-corrected chi connectivity index (χ3v) is 5.01. The molecule has 0 radical (unpaired) electrons. The van der Waals surface area contributed by atoms with Crippen LogP contribution >= 0.6 is 0 Å². The van der Waals surface area contributed by atoms with E-state index in [1.54, 1.807) is 0 Å². The van der Waals surface area contributed by atoms with Crippen LogP contribution in [0.4, 0.5) is 0 Å². The highest BCUT2D eigenvalue weighted by Gasteiger charge is 2.33. The largest absolute Gasteiger partial charge is 0.323 e. The van der Waals surface area contributed by atoms with Crippen LogP contribution in [-0.2, 0) is 0 Å². The van der Waals surface area contributed by atoms with E-state index in [0.717, 1.165) is 0 Å². The lowest BCUT2D eigenvalue weighted by atomic mass is 9.88. The predicted molar refractivity (Wildman–Crippen MR) is 91.2 cm³/mol. The monoisotopic (exact) mass is 288 g/mol. The molecule has 118 valence electrons. The molecule has 3 unspecified atom stereocenters. The molecule has 2 rings (SSSR count). The highest BCUT2D eigenvalue weighted by molar-refractivity contribution is 5.20. The number of rotatable bonds is 5. The number of nitrogens with two attached hydrogens (primary N) is 1. The van der Waals surface area contributed by atoms with Gasteiger partial charge in [0.05, 0.1) is 0 Å². The average Bonchev–Trinajstić information content (AvgIpc) is 2.73. The van der Waals surface area contributed by atoms with E-state index in [4.69, 9.17) is 5.73 Å². The maximum atomic E-state index is 6.70. The summed E-state index contributed by atoms with van der Waals surface area (Å²) in [7, 11) is 0. The Morgan fingerprint density at radius 2 is 1.86 bits per heavy atom. The second kappa shape index (κ2) is 7.95. The molecule has 1 saturated heterocycles. The topological polar surface area (TPSA) is 29.3 Å². The third kappa shape index (κ3) is 4.08. The lowest BCUT2D eigenvalue weighted by molar-refractivity contribution is 0.0819. The summed E-state index contributed by atoms with van der Waals surface area (Å²) in [5.74, 6) is 0.576. The maximum Gasteiger partial charge on any atom is 0.0455 e. The fourth-order valence-corrected chi connectivity index (χ4v) is 3.91. The molecule has 0 aliphatic carbocycles. The zero-order valence-electron chi connectivity index (χ0n) is 14.0. The summed E-state index contributed by atoms with van der Waals surface area (Å²) in [6.45, 7) is 8.19. The van der Waals surface area contributed by atoms with E-state index in [1.165, 1.54) is 44.2 Å². The molecule has 0 aromatic heterocycles. The van der Waals surface area contributed by atoms with E-state index < -0.39 is 0 Å². The van der Waals surface area contributed by atoms with Gasteiger partial charge in [-0.1, -0.05) is 63.9 Å². The van der Waals surface area contributed by atoms with Crippen molar-refractivity contribution in [1.82, 2.24) is 4.90 Å². The Bertz CT molecular complexity index is 401. The van der Waals surface area contributed by atoms with E-state index in [9.17, 15) is 0 Å². The van der Waals surface area contributed by atoms with Crippen molar-refractivity contribution in [3.8, 4) is 0 Å². The maximum absolute atomic E-state index is 6.70. The molecule has 1 aliphatic rings. The van der Waals surface area contributed by atoms with Gasteiger partial charge in [-0.15, -0.1) is 0 Å². The van der Waals surface area contributed by atoms with Gasteiger partial charge in [0.2, 0.25) is 0 Å². The first kappa shape index (κ1) is 16.5. The van der Waals surface area contributed by atoms with Crippen LogP contribution in [-0.4, -0.2) is 23.5 Å². The smallest absolute Gasteiger partial charge is 0.0455 e. The minimum absolute atomic E-state index is 0.110. The molecule has 0 saturated carbocycles. The van der Waals surface area contributed by atoms with E-state index in [1.807, 2.05) is 0 Å². The number of nitrogens with zero attached hydrogens (tertiary/aromatic N) is 1. The van der Waals surface area contributed by atoms with Gasteiger partial charge in [-0.3, -0.25) is 4.90 Å². The van der Waals surface area contributed by atoms with Gasteiger partial charge in [-0.2, -0.15) is 0 Å². The van der Waals surface area contributed by atoms with Gasteiger partial charge in [-0.25, -0.2) is 0 Å². The molecule has 1 heterocycles. The van der Waals surface area contributed by atoms with Crippen molar-refractivity contribution in [1.29, 1.82) is 0 Å². The Labute approximate surface area is 130 Å². The molecule has 1 aromatic rings. The third-order valence-electron chi connectivity index (χ3n) is 5.01. The number of benzene rings is 1. The Morgan fingerprint density at radius 1 is 1.14 bits per heavy atom. The normalized spacial score (nSPS) is 23.8. The van der Waals surface area contributed by atoms with Gasteiger partial charge in [0.1, 0.15) is 0 Å². The summed E-state index contributed by atoms with van der Waals surface area (Å²) in [6, 6.07) is 11.9. The summed E-state index contributed by atoms with van der Waals surface area (Å²) in [5.41, 5.74) is 7.97. The van der Waals surface area contributed by atoms with Gasteiger partial charge in [-0.05, 0) is 37.3 Å². The van der Waals surface area contributed by atoms with E-state index in [0.29, 0.717) is 18.0 Å². The van der Waals surface area contributed by atoms with Crippen molar-refractivity contribution in [2.45, 2.75) is 71.0 Å². The number of hydrogen-bond acceptors (Lipinski definition) is 2. The Morgan fingerprint density at radius 3 is 2.48 bits per heavy atom. The van der Waals surface area contributed by atoms with Gasteiger partial charge < -0.3 is 5.73 Å².